The van der Waals surface area contributed by atoms with Crippen LogP contribution in [0.2, 0.25) is 0 Å². The van der Waals surface area contributed by atoms with Crippen LogP contribution < -0.4 is 10.2 Å². The van der Waals surface area contributed by atoms with Gasteiger partial charge < -0.3 is 14.8 Å². The molecule has 3 nitrogen and oxygen atoms in total. The van der Waals surface area contributed by atoms with Crippen molar-refractivity contribution in [2.24, 2.45) is 11.8 Å². The minimum absolute atomic E-state index is 0.172. The van der Waals surface area contributed by atoms with Gasteiger partial charge in [0.1, 0.15) is 0 Å². The van der Waals surface area contributed by atoms with Crippen molar-refractivity contribution in [1.29, 1.82) is 0 Å². The summed E-state index contributed by atoms with van der Waals surface area (Å²) in [6.07, 6.45) is 26.1. The number of para-hydroxylation sites is 3. The van der Waals surface area contributed by atoms with E-state index in [1.165, 1.54) is 86.0 Å². The third-order valence-electron chi connectivity index (χ3n) is 13.7. The molecule has 2 unspecified atom stereocenters. The van der Waals surface area contributed by atoms with E-state index in [0.29, 0.717) is 6.04 Å². The van der Waals surface area contributed by atoms with Crippen molar-refractivity contribution in [2.45, 2.75) is 92.7 Å². The average molecular weight is 988 g/mol. The summed E-state index contributed by atoms with van der Waals surface area (Å²) in [6, 6.07) is 64.3. The Balaban J connectivity index is 0.000000273. The molecule has 0 radical (unpaired) electrons. The van der Waals surface area contributed by atoms with Crippen molar-refractivity contribution in [3.63, 3.8) is 0 Å². The second-order valence-corrected chi connectivity index (χ2v) is 18.8. The second-order valence-electron chi connectivity index (χ2n) is 18.8. The van der Waals surface area contributed by atoms with Gasteiger partial charge in [-0.05, 0) is 164 Å². The molecule has 0 amide bonds. The molecule has 0 saturated carbocycles. The van der Waals surface area contributed by atoms with E-state index < -0.39 is 0 Å². The minimum Gasteiger partial charge on any atom is -0.388 e. The zero-order chi connectivity index (χ0) is 53.4. The predicted molar refractivity (Wildman–Crippen MR) is 331 cm³/mol. The van der Waals surface area contributed by atoms with Crippen LogP contribution in [-0.4, -0.2) is 16.7 Å². The Bertz CT molecular complexity index is 3120. The van der Waals surface area contributed by atoms with E-state index in [9.17, 15) is 0 Å². The lowest BCUT2D eigenvalue weighted by Crippen LogP contribution is -2.30. The van der Waals surface area contributed by atoms with Gasteiger partial charge >= 0.3 is 0 Å². The van der Waals surface area contributed by atoms with Crippen molar-refractivity contribution in [1.82, 2.24) is 9.88 Å². The zero-order valence-corrected chi connectivity index (χ0v) is 45.9. The normalized spacial score (nSPS) is 14.3. The van der Waals surface area contributed by atoms with Crippen LogP contribution in [0.5, 0.6) is 0 Å². The lowest BCUT2D eigenvalue weighted by Gasteiger charge is -2.33. The van der Waals surface area contributed by atoms with E-state index in [4.69, 9.17) is 0 Å². The van der Waals surface area contributed by atoms with Gasteiger partial charge in [0, 0.05) is 33.9 Å². The first kappa shape index (κ1) is 56.4. The van der Waals surface area contributed by atoms with Crippen molar-refractivity contribution < 1.29 is 0 Å². The highest BCUT2D eigenvalue weighted by atomic mass is 15.2. The van der Waals surface area contributed by atoms with Gasteiger partial charge in [0.2, 0.25) is 0 Å². The van der Waals surface area contributed by atoms with Crippen LogP contribution >= 0.6 is 0 Å². The Morgan fingerprint density at radius 1 is 0.613 bits per heavy atom. The van der Waals surface area contributed by atoms with Crippen LogP contribution in [-0.2, 0) is 19.3 Å². The van der Waals surface area contributed by atoms with Crippen LogP contribution in [0.25, 0.3) is 44.2 Å². The maximum absolute atomic E-state index is 4.00. The number of hydrogen-bond donors (Lipinski definition) is 1. The number of nitrogens with one attached hydrogen (secondary N) is 1. The van der Waals surface area contributed by atoms with Gasteiger partial charge in [0.15, 0.2) is 0 Å². The van der Waals surface area contributed by atoms with E-state index in [2.05, 4.69) is 243 Å². The summed E-state index contributed by atoms with van der Waals surface area (Å²) >= 11 is 0. The quantitative estimate of drug-likeness (QED) is 0.0816. The first-order chi connectivity index (χ1) is 36.9. The lowest BCUT2D eigenvalue weighted by atomic mass is 9.86. The SMILES string of the molecule is C=C/C=C\C=C\NC(C)C[C@H](C)C1Cc2ccccc2C1.C=CC.C=CCc1cc(C2=CCC(N(c3ccccc3)c3ccc4c(c3)c3ccccc3n4-c3ccccc3)C=C2)cc(-c2ccccc2)c1.CC.CC. The Morgan fingerprint density at radius 2 is 1.21 bits per heavy atom. The number of anilines is 2. The number of allylic oxidation sites excluding steroid dienone is 8. The van der Waals surface area contributed by atoms with Crippen molar-refractivity contribution in [2.75, 3.05) is 4.90 Å². The Kier molecular flexibility index (Phi) is 22.4. The van der Waals surface area contributed by atoms with Crippen molar-refractivity contribution in [3.05, 3.63) is 279 Å². The van der Waals surface area contributed by atoms with Gasteiger partial charge in [-0.1, -0.05) is 211 Å². The molecule has 10 rings (SSSR count). The maximum Gasteiger partial charge on any atom is 0.0560 e. The fraction of sp³-hybridized carbons (Fsp3) is 0.222. The third-order valence-corrected chi connectivity index (χ3v) is 13.7. The minimum atomic E-state index is 0.172. The highest BCUT2D eigenvalue weighted by molar-refractivity contribution is 6.10. The van der Waals surface area contributed by atoms with Gasteiger partial charge in [-0.2, -0.15) is 0 Å². The molecule has 0 aliphatic heterocycles. The molecule has 3 atom stereocenters. The molecule has 2 aliphatic rings. The smallest absolute Gasteiger partial charge is 0.0560 e. The van der Waals surface area contributed by atoms with Crippen LogP contribution in [0.1, 0.15) is 83.6 Å². The number of nitrogens with zero attached hydrogens (tertiary/aromatic N) is 2. The van der Waals surface area contributed by atoms with E-state index in [1.807, 2.05) is 65.1 Å². The molecule has 75 heavy (non-hydrogen) atoms. The third kappa shape index (κ3) is 14.9. The lowest BCUT2D eigenvalue weighted by molar-refractivity contribution is 0.322. The Morgan fingerprint density at radius 3 is 1.85 bits per heavy atom. The molecule has 384 valence electrons. The molecule has 0 saturated heterocycles. The average Bonchev–Trinajstić information content (AvgIpc) is 4.06. The maximum atomic E-state index is 4.00. The summed E-state index contributed by atoms with van der Waals surface area (Å²) in [5.41, 5.74) is 15.4. The predicted octanol–water partition coefficient (Wildman–Crippen LogP) is 19.6. The fourth-order valence-electron chi connectivity index (χ4n) is 10.3. The molecule has 3 heteroatoms. The van der Waals surface area contributed by atoms with Crippen molar-refractivity contribution in [3.8, 4) is 16.8 Å². The highest BCUT2D eigenvalue weighted by Gasteiger charge is 2.27. The number of hydrogen-bond acceptors (Lipinski definition) is 2. The first-order valence-corrected chi connectivity index (χ1v) is 27.3. The van der Waals surface area contributed by atoms with E-state index in [1.54, 1.807) is 23.3 Å². The number of fused-ring (bicyclic) bond motifs is 4. The van der Waals surface area contributed by atoms with Crippen molar-refractivity contribution >= 4 is 38.8 Å². The zero-order valence-electron chi connectivity index (χ0n) is 45.9. The number of benzene rings is 7. The Labute approximate surface area is 451 Å². The second kappa shape index (κ2) is 29.7. The number of rotatable bonds is 15. The first-order valence-electron chi connectivity index (χ1n) is 27.3. The molecule has 0 fully saturated rings. The van der Waals surface area contributed by atoms with Gasteiger partial charge in [-0.15, -0.1) is 13.2 Å². The molecule has 1 N–H and O–H groups in total. The largest absolute Gasteiger partial charge is 0.388 e. The molecular weight excluding hydrogens is 907 g/mol. The van der Waals surface area contributed by atoms with Crippen LogP contribution in [0, 0.1) is 11.8 Å². The van der Waals surface area contributed by atoms with Gasteiger partial charge in [-0.25, -0.2) is 0 Å². The summed E-state index contributed by atoms with van der Waals surface area (Å²) in [7, 11) is 0. The van der Waals surface area contributed by atoms with E-state index in [0.717, 1.165) is 24.7 Å². The van der Waals surface area contributed by atoms with Gasteiger partial charge in [0.25, 0.3) is 0 Å². The molecule has 1 aromatic heterocycles. The summed E-state index contributed by atoms with van der Waals surface area (Å²) in [4.78, 5) is 2.49. The van der Waals surface area contributed by atoms with E-state index in [-0.39, 0.29) is 6.04 Å². The molecule has 1 heterocycles. The summed E-state index contributed by atoms with van der Waals surface area (Å²) in [5.74, 6) is 1.55. The highest BCUT2D eigenvalue weighted by Crippen LogP contribution is 2.39. The topological polar surface area (TPSA) is 20.2 Å². The molecule has 0 spiro atoms. The Hall–Kier alpha value is -7.88. The summed E-state index contributed by atoms with van der Waals surface area (Å²) < 4.78 is 2.38. The fourth-order valence-corrected chi connectivity index (χ4v) is 10.3. The molecule has 2 aliphatic carbocycles. The van der Waals surface area contributed by atoms with Gasteiger partial charge in [-0.3, -0.25) is 0 Å². The van der Waals surface area contributed by atoms with E-state index >= 15 is 0 Å². The molecule has 0 bridgehead atoms. The summed E-state index contributed by atoms with van der Waals surface area (Å²) in [5, 5.41) is 5.97. The van der Waals surface area contributed by atoms with Crippen LogP contribution in [0.3, 0.4) is 0 Å². The van der Waals surface area contributed by atoms with Crippen LogP contribution in [0.4, 0.5) is 11.4 Å². The van der Waals surface area contributed by atoms with Gasteiger partial charge in [0.05, 0.1) is 17.1 Å². The standard InChI is InChI=1S/C45H36N2.C20H27N.C3H6.2C2H6/c1-2-14-33-29-36(34-15-6-3-7-16-34)31-37(30-33)35-23-25-40(26-24-35)46(38-17-8-4-9-18-38)41-27-28-45-43(32-41)42-21-12-13-22-44(42)47(45)39-19-10-5-11-20-39;1-4-5-6-9-12-21-17(3)13-16(2)20-14-18-10-7-8-11-19(18)15-20;1-3-2;2*1-2/h2-13,15-25,27-32,40H,1,14,26H2;4-12,16-17,20-21H,1,13-15H2,2-3H3;3H,1H2,2H3;2*1-2H3/b;6-5-,12-9+;;;/t;16-,17?;;;/m.0.../s1. The van der Waals surface area contributed by atoms with Crippen LogP contribution in [0.15, 0.2) is 257 Å². The molecule has 7 aromatic carbocycles. The monoisotopic (exact) mass is 988 g/mol. The molecular formula is C72H81N3. The number of aromatic nitrogens is 1. The summed E-state index contributed by atoms with van der Waals surface area (Å²) in [6.45, 7) is 25.6. The molecule has 8 aromatic rings.